The lowest BCUT2D eigenvalue weighted by atomic mass is 10.1. The van der Waals surface area contributed by atoms with Crippen LogP contribution in [0.2, 0.25) is 0 Å². The Hall–Kier alpha value is -3.03. The number of hydrogen-bond acceptors (Lipinski definition) is 5. The predicted molar refractivity (Wildman–Crippen MR) is 103 cm³/mol. The van der Waals surface area contributed by atoms with E-state index in [1.807, 2.05) is 42.8 Å². The van der Waals surface area contributed by atoms with E-state index in [9.17, 15) is 4.79 Å². The highest BCUT2D eigenvalue weighted by Gasteiger charge is 2.16. The third-order valence-electron chi connectivity index (χ3n) is 4.70. The van der Waals surface area contributed by atoms with Gasteiger partial charge in [0.05, 0.1) is 24.3 Å². The fourth-order valence-corrected chi connectivity index (χ4v) is 3.10. The van der Waals surface area contributed by atoms with Gasteiger partial charge in [0.25, 0.3) is 0 Å². The molecule has 2 aromatic heterocycles. The number of nitrogens with zero attached hydrogens (tertiary/aromatic N) is 6. The fourth-order valence-electron chi connectivity index (χ4n) is 3.10. The Kier molecular flexibility index (Phi) is 5.63. The summed E-state index contributed by atoms with van der Waals surface area (Å²) < 4.78 is 3.58. The highest BCUT2D eigenvalue weighted by molar-refractivity contribution is 5.92. The number of carbonyl (C=O) groups is 1. The van der Waals surface area contributed by atoms with E-state index in [0.29, 0.717) is 12.2 Å². The summed E-state index contributed by atoms with van der Waals surface area (Å²) in [5, 5.41) is 18.9. The number of tetrazole rings is 1. The summed E-state index contributed by atoms with van der Waals surface area (Å²) in [6, 6.07) is 7.94. The zero-order valence-corrected chi connectivity index (χ0v) is 16.2. The topological polar surface area (TPSA) is 90.5 Å². The van der Waals surface area contributed by atoms with Gasteiger partial charge in [0.2, 0.25) is 5.91 Å². The number of amides is 1. The molecule has 0 aliphatic rings. The molecule has 8 nitrogen and oxygen atoms in total. The minimum Gasteiger partial charge on any atom is -0.310 e. The van der Waals surface area contributed by atoms with Gasteiger partial charge in [-0.15, -0.1) is 5.10 Å². The summed E-state index contributed by atoms with van der Waals surface area (Å²) in [5.74, 6) is 1.44. The first kappa shape index (κ1) is 18.8. The van der Waals surface area contributed by atoms with Crippen molar-refractivity contribution in [1.82, 2.24) is 30.0 Å². The molecule has 0 atom stereocenters. The SMILES string of the molecule is CCC(CC)n1ncc(C)c1NC(=O)Cc1ccc(-n2nnnc2C)cc1. The van der Waals surface area contributed by atoms with Crippen LogP contribution in [0.4, 0.5) is 5.82 Å². The molecule has 0 radical (unpaired) electrons. The molecule has 1 N–H and O–H groups in total. The maximum absolute atomic E-state index is 12.6. The van der Waals surface area contributed by atoms with Crippen molar-refractivity contribution in [2.24, 2.45) is 0 Å². The molecule has 2 heterocycles. The third-order valence-corrected chi connectivity index (χ3v) is 4.70. The largest absolute Gasteiger partial charge is 0.310 e. The molecule has 0 bridgehead atoms. The van der Waals surface area contributed by atoms with E-state index >= 15 is 0 Å². The monoisotopic (exact) mass is 367 g/mol. The Morgan fingerprint density at radius 1 is 1.15 bits per heavy atom. The zero-order valence-electron chi connectivity index (χ0n) is 16.2. The second-order valence-corrected chi connectivity index (χ2v) is 6.62. The van der Waals surface area contributed by atoms with Crippen molar-refractivity contribution in [3.8, 4) is 5.69 Å². The van der Waals surface area contributed by atoms with Crippen molar-refractivity contribution in [1.29, 1.82) is 0 Å². The molecule has 0 saturated carbocycles. The Morgan fingerprint density at radius 2 is 1.85 bits per heavy atom. The minimum atomic E-state index is -0.0582. The van der Waals surface area contributed by atoms with Gasteiger partial charge < -0.3 is 5.32 Å². The third kappa shape index (κ3) is 4.05. The minimum absolute atomic E-state index is 0.0582. The van der Waals surface area contributed by atoms with E-state index in [1.54, 1.807) is 10.9 Å². The molecule has 0 spiro atoms. The van der Waals surface area contributed by atoms with Gasteiger partial charge in [0, 0.05) is 5.56 Å². The van der Waals surface area contributed by atoms with E-state index in [0.717, 1.165) is 35.5 Å². The molecule has 0 saturated heterocycles. The highest BCUT2D eigenvalue weighted by Crippen LogP contribution is 2.23. The average molecular weight is 367 g/mol. The number of rotatable bonds is 7. The quantitative estimate of drug-likeness (QED) is 0.693. The number of hydrogen-bond donors (Lipinski definition) is 1. The standard InChI is InChI=1S/C19H25N7O/c1-5-16(6-2)26-19(13(3)12-20-26)21-18(27)11-15-7-9-17(10-8-15)25-14(4)22-23-24-25/h7-10,12,16H,5-6,11H2,1-4H3,(H,21,27). The smallest absolute Gasteiger partial charge is 0.229 e. The first-order valence-electron chi connectivity index (χ1n) is 9.21. The molecule has 8 heteroatoms. The lowest BCUT2D eigenvalue weighted by Gasteiger charge is -2.17. The van der Waals surface area contributed by atoms with Crippen molar-refractivity contribution < 1.29 is 4.79 Å². The van der Waals surface area contributed by atoms with E-state index in [-0.39, 0.29) is 11.9 Å². The van der Waals surface area contributed by atoms with Crippen molar-refractivity contribution in [3.63, 3.8) is 0 Å². The molecule has 0 aliphatic heterocycles. The van der Waals surface area contributed by atoms with E-state index < -0.39 is 0 Å². The molecule has 0 aliphatic carbocycles. The second-order valence-electron chi connectivity index (χ2n) is 6.62. The van der Waals surface area contributed by atoms with Gasteiger partial charge in [-0.2, -0.15) is 9.78 Å². The van der Waals surface area contributed by atoms with Crippen molar-refractivity contribution in [2.75, 3.05) is 5.32 Å². The Balaban J connectivity index is 1.70. The van der Waals surface area contributed by atoms with Crippen LogP contribution in [-0.4, -0.2) is 35.9 Å². The molecule has 3 aromatic rings. The summed E-state index contributed by atoms with van der Waals surface area (Å²) in [6.45, 7) is 8.06. The summed E-state index contributed by atoms with van der Waals surface area (Å²) in [4.78, 5) is 12.6. The van der Waals surface area contributed by atoms with Gasteiger partial charge in [-0.05, 0) is 54.8 Å². The van der Waals surface area contributed by atoms with Crippen LogP contribution >= 0.6 is 0 Å². The van der Waals surface area contributed by atoms with Gasteiger partial charge in [0.1, 0.15) is 5.82 Å². The molecule has 142 valence electrons. The highest BCUT2D eigenvalue weighted by atomic mass is 16.1. The number of benzene rings is 1. The van der Waals surface area contributed by atoms with E-state index in [1.165, 1.54) is 0 Å². The van der Waals surface area contributed by atoms with Crippen LogP contribution in [0.5, 0.6) is 0 Å². The van der Waals surface area contributed by atoms with Crippen LogP contribution < -0.4 is 5.32 Å². The predicted octanol–water partition coefficient (Wildman–Crippen LogP) is 3.02. The normalized spacial score (nSPS) is 11.1. The number of aromatic nitrogens is 6. The molecular weight excluding hydrogens is 342 g/mol. The Labute approximate surface area is 158 Å². The number of nitrogens with one attached hydrogen (secondary N) is 1. The van der Waals surface area contributed by atoms with Crippen LogP contribution in [0.25, 0.3) is 5.69 Å². The number of aryl methyl sites for hydroxylation is 2. The molecular formula is C19H25N7O. The maximum atomic E-state index is 12.6. The fraction of sp³-hybridized carbons (Fsp3) is 0.421. The second kappa shape index (κ2) is 8.11. The van der Waals surface area contributed by atoms with Gasteiger partial charge in [-0.1, -0.05) is 26.0 Å². The number of anilines is 1. The lowest BCUT2D eigenvalue weighted by molar-refractivity contribution is -0.115. The van der Waals surface area contributed by atoms with Crippen LogP contribution in [0, 0.1) is 13.8 Å². The molecule has 3 rings (SSSR count). The summed E-state index contributed by atoms with van der Waals surface area (Å²) >= 11 is 0. The van der Waals surface area contributed by atoms with Crippen molar-refractivity contribution >= 4 is 11.7 Å². The van der Waals surface area contributed by atoms with Gasteiger partial charge >= 0.3 is 0 Å². The van der Waals surface area contributed by atoms with Gasteiger partial charge in [0.15, 0.2) is 5.82 Å². The Morgan fingerprint density at radius 3 is 2.44 bits per heavy atom. The van der Waals surface area contributed by atoms with Crippen LogP contribution in [0.1, 0.15) is 49.7 Å². The molecule has 27 heavy (non-hydrogen) atoms. The van der Waals surface area contributed by atoms with Gasteiger partial charge in [-0.3, -0.25) is 4.79 Å². The van der Waals surface area contributed by atoms with Crippen LogP contribution in [0.3, 0.4) is 0 Å². The van der Waals surface area contributed by atoms with E-state index in [4.69, 9.17) is 0 Å². The zero-order chi connectivity index (χ0) is 19.4. The van der Waals surface area contributed by atoms with Crippen LogP contribution in [0.15, 0.2) is 30.5 Å². The summed E-state index contributed by atoms with van der Waals surface area (Å²) in [5.41, 5.74) is 2.76. The molecule has 1 aromatic carbocycles. The Bertz CT molecular complexity index is 907. The lowest BCUT2D eigenvalue weighted by Crippen LogP contribution is -2.20. The average Bonchev–Trinajstić information content (AvgIpc) is 3.24. The summed E-state index contributed by atoms with van der Waals surface area (Å²) in [7, 11) is 0. The number of carbonyl (C=O) groups excluding carboxylic acids is 1. The first-order chi connectivity index (χ1) is 13.0. The molecule has 1 amide bonds. The van der Waals surface area contributed by atoms with E-state index in [2.05, 4.69) is 39.8 Å². The van der Waals surface area contributed by atoms with Crippen LogP contribution in [-0.2, 0) is 11.2 Å². The molecule has 0 fully saturated rings. The van der Waals surface area contributed by atoms with Crippen molar-refractivity contribution in [3.05, 3.63) is 47.4 Å². The van der Waals surface area contributed by atoms with Crippen molar-refractivity contribution in [2.45, 2.75) is 53.0 Å². The first-order valence-corrected chi connectivity index (χ1v) is 9.21. The molecule has 0 unspecified atom stereocenters. The van der Waals surface area contributed by atoms with Gasteiger partial charge in [-0.25, -0.2) is 4.68 Å². The maximum Gasteiger partial charge on any atom is 0.229 e. The summed E-state index contributed by atoms with van der Waals surface area (Å²) in [6.07, 6.45) is 4.04.